The molecule has 62 heavy (non-hydrogen) atoms. The Hall–Kier alpha value is -6.82. The molecule has 2 N–H and O–H groups in total. The van der Waals surface area contributed by atoms with Gasteiger partial charge in [-0.05, 0) is 12.1 Å². The third kappa shape index (κ3) is 11.5. The molecule has 2 saturated heterocycles. The Bertz CT molecular complexity index is 1890. The minimum Gasteiger partial charge on any atom is -0.507 e. The molecule has 0 bridgehead atoms. The quantitative estimate of drug-likeness (QED) is 0.140. The number of Topliss-reactive ketones (excluding diaryl/α,β-unsaturated/α-hetero) is 2. The van der Waals surface area contributed by atoms with E-state index in [1.807, 2.05) is 0 Å². The number of rotatable bonds is 14. The second kappa shape index (κ2) is 20.2. The molecule has 1 aromatic rings. The van der Waals surface area contributed by atoms with Crippen molar-refractivity contribution in [2.24, 2.45) is 0 Å². The molecule has 24 heteroatoms. The van der Waals surface area contributed by atoms with Crippen LogP contribution in [0.2, 0.25) is 0 Å². The molecule has 0 amide bonds. The standard InChI is InChI=1S/C38H42O24/c1-13(39)51-11-23-29(53-15(3)41)33(55-17(5)43)35(57-19(7)45)37(59-23)61-31-27(49)25-21(47)9-10-22(48)26(25)28(50)32(31)62-38-36(58-20(8)46)34(56-18(6)44)30(54-16(4)42)24(60-38)12-52-14(2)40/h9-10,23-24,29-30,33-38,47-48H,11-12H2,1-8H3/t23-,24-,29-,30-,33+,34?,35-,36-,37+,38+/m1/s1. The number of benzene rings is 1. The maximum absolute atomic E-state index is 14.5. The molecular weight excluding hydrogens is 840 g/mol. The van der Waals surface area contributed by atoms with Gasteiger partial charge in [-0.25, -0.2) is 0 Å². The molecule has 3 aliphatic rings. The van der Waals surface area contributed by atoms with Crippen LogP contribution in [-0.2, 0) is 95.2 Å². The maximum Gasteiger partial charge on any atom is 0.303 e. The van der Waals surface area contributed by atoms with Crippen molar-refractivity contribution in [1.82, 2.24) is 0 Å². The molecule has 1 unspecified atom stereocenters. The Morgan fingerprint density at radius 1 is 0.452 bits per heavy atom. The molecule has 0 aromatic heterocycles. The Morgan fingerprint density at radius 2 is 0.726 bits per heavy atom. The number of esters is 8. The molecule has 10 atom stereocenters. The van der Waals surface area contributed by atoms with Crippen LogP contribution in [0, 0.1) is 0 Å². The Morgan fingerprint density at radius 3 is 1.00 bits per heavy atom. The highest BCUT2D eigenvalue weighted by molar-refractivity contribution is 6.27. The highest BCUT2D eigenvalue weighted by Gasteiger charge is 2.57. The fraction of sp³-hybridized carbons (Fsp3) is 0.526. The largest absolute Gasteiger partial charge is 0.507 e. The average molecular weight is 883 g/mol. The topological polar surface area (TPSA) is 322 Å². The van der Waals surface area contributed by atoms with Crippen molar-refractivity contribution < 1.29 is 115 Å². The van der Waals surface area contributed by atoms with E-state index < -0.39 is 168 Å². The van der Waals surface area contributed by atoms with Crippen molar-refractivity contribution in [3.05, 3.63) is 34.8 Å². The maximum atomic E-state index is 14.5. The Balaban J connectivity index is 1.98. The molecular formula is C38H42O24. The number of carbonyl (C=O) groups excluding carboxylic acids is 10. The number of phenolic OH excluding ortho intramolecular Hbond substituents is 2. The fourth-order valence-electron chi connectivity index (χ4n) is 6.49. The summed E-state index contributed by atoms with van der Waals surface area (Å²) in [5.74, 6) is -15.1. The summed E-state index contributed by atoms with van der Waals surface area (Å²) < 4.78 is 66.2. The van der Waals surface area contributed by atoms with Gasteiger partial charge >= 0.3 is 47.8 Å². The van der Waals surface area contributed by atoms with Gasteiger partial charge in [0.15, 0.2) is 24.4 Å². The average Bonchev–Trinajstić information content (AvgIpc) is 3.14. The number of allylic oxidation sites excluding steroid dienone is 2. The second-order valence-electron chi connectivity index (χ2n) is 13.5. The van der Waals surface area contributed by atoms with Gasteiger partial charge in [0.25, 0.3) is 0 Å². The van der Waals surface area contributed by atoms with Crippen LogP contribution in [0.15, 0.2) is 23.7 Å². The molecule has 2 aliphatic heterocycles. The molecule has 0 saturated carbocycles. The summed E-state index contributed by atoms with van der Waals surface area (Å²) in [5, 5.41) is 21.6. The number of phenols is 2. The van der Waals surface area contributed by atoms with Crippen LogP contribution in [0.25, 0.3) is 0 Å². The SMILES string of the molecule is CC(=O)OC[C@H]1O[C@@H](OC2=C(O[C@@H]3O[C@H](COC(C)=O)[C@@H](OC(C)=O)C(OC(C)=O)[C@H]3OC(C)=O)C(=O)c3c(O)ccc(O)c3C2=O)[C@H](OC(C)=O)[C@@H](OC(C)=O)[C@@H]1OC(C)=O. The van der Waals surface area contributed by atoms with Crippen molar-refractivity contribution in [2.75, 3.05) is 13.2 Å². The molecule has 0 radical (unpaired) electrons. The predicted octanol–water partition coefficient (Wildman–Crippen LogP) is -0.112. The Labute approximate surface area is 350 Å². The number of hydrogen-bond donors (Lipinski definition) is 2. The van der Waals surface area contributed by atoms with E-state index >= 15 is 0 Å². The van der Waals surface area contributed by atoms with Crippen molar-refractivity contribution in [2.45, 2.75) is 117 Å². The molecule has 0 spiro atoms. The summed E-state index contributed by atoms with van der Waals surface area (Å²) >= 11 is 0. The van der Waals surface area contributed by atoms with E-state index in [1.54, 1.807) is 0 Å². The first-order chi connectivity index (χ1) is 29.0. The first kappa shape index (κ1) is 47.9. The number of ketones is 2. The molecule has 1 aromatic carbocycles. The lowest BCUT2D eigenvalue weighted by molar-refractivity contribution is -0.304. The van der Waals surface area contributed by atoms with Gasteiger partial charge < -0.3 is 67.1 Å². The minimum atomic E-state index is -2.21. The number of fused-ring (bicyclic) bond motifs is 1. The molecule has 2 fully saturated rings. The third-order valence-electron chi connectivity index (χ3n) is 8.60. The van der Waals surface area contributed by atoms with Crippen molar-refractivity contribution >= 4 is 59.3 Å². The van der Waals surface area contributed by atoms with Crippen LogP contribution < -0.4 is 0 Å². The van der Waals surface area contributed by atoms with Crippen LogP contribution in [-0.4, -0.2) is 144 Å². The first-order valence-corrected chi connectivity index (χ1v) is 18.3. The lowest BCUT2D eigenvalue weighted by atomic mass is 9.90. The zero-order valence-corrected chi connectivity index (χ0v) is 34.2. The van der Waals surface area contributed by atoms with Gasteiger partial charge in [-0.15, -0.1) is 0 Å². The summed E-state index contributed by atoms with van der Waals surface area (Å²) in [6.45, 7) is 6.10. The number of hydrogen-bond acceptors (Lipinski definition) is 24. The van der Waals surface area contributed by atoms with E-state index in [9.17, 15) is 58.2 Å². The van der Waals surface area contributed by atoms with E-state index in [2.05, 4.69) is 0 Å². The van der Waals surface area contributed by atoms with E-state index in [4.69, 9.17) is 56.8 Å². The van der Waals surface area contributed by atoms with Crippen LogP contribution >= 0.6 is 0 Å². The summed E-state index contributed by atoms with van der Waals surface area (Å²) in [6.07, 6.45) is -18.8. The molecule has 4 rings (SSSR count). The Kier molecular flexibility index (Phi) is 15.6. The number of aromatic hydroxyl groups is 2. The van der Waals surface area contributed by atoms with Crippen LogP contribution in [0.4, 0.5) is 0 Å². The lowest BCUT2D eigenvalue weighted by Gasteiger charge is -2.45. The van der Waals surface area contributed by atoms with Gasteiger partial charge in [-0.2, -0.15) is 0 Å². The predicted molar refractivity (Wildman–Crippen MR) is 192 cm³/mol. The van der Waals surface area contributed by atoms with E-state index in [-0.39, 0.29) is 0 Å². The van der Waals surface area contributed by atoms with Crippen molar-refractivity contribution in [1.29, 1.82) is 0 Å². The zero-order chi connectivity index (χ0) is 46.3. The van der Waals surface area contributed by atoms with Crippen LogP contribution in [0.3, 0.4) is 0 Å². The lowest BCUT2D eigenvalue weighted by Crippen LogP contribution is -2.63. The minimum absolute atomic E-state index is 0.755. The summed E-state index contributed by atoms with van der Waals surface area (Å²) in [5.41, 5.74) is -1.74. The van der Waals surface area contributed by atoms with Crippen LogP contribution in [0.1, 0.15) is 76.1 Å². The normalized spacial score (nSPS) is 26.7. The molecule has 2 heterocycles. The van der Waals surface area contributed by atoms with Gasteiger partial charge in [0.05, 0.1) is 11.1 Å². The monoisotopic (exact) mass is 882 g/mol. The van der Waals surface area contributed by atoms with Gasteiger partial charge in [0.1, 0.15) is 36.9 Å². The van der Waals surface area contributed by atoms with Gasteiger partial charge in [0, 0.05) is 55.4 Å². The first-order valence-electron chi connectivity index (χ1n) is 18.3. The highest BCUT2D eigenvalue weighted by Crippen LogP contribution is 2.42. The summed E-state index contributed by atoms with van der Waals surface area (Å²) in [4.78, 5) is 127. The number of carbonyl (C=O) groups is 10. The van der Waals surface area contributed by atoms with Crippen molar-refractivity contribution in [3.63, 3.8) is 0 Å². The molecule has 1 aliphatic carbocycles. The van der Waals surface area contributed by atoms with Gasteiger partial charge in [-0.3, -0.25) is 47.9 Å². The van der Waals surface area contributed by atoms with E-state index in [0.29, 0.717) is 0 Å². The van der Waals surface area contributed by atoms with Gasteiger partial charge in [0.2, 0.25) is 47.9 Å². The summed E-state index contributed by atoms with van der Waals surface area (Å²) in [6, 6.07) is 1.69. The van der Waals surface area contributed by atoms with Gasteiger partial charge in [-0.1, -0.05) is 0 Å². The summed E-state index contributed by atoms with van der Waals surface area (Å²) in [7, 11) is 0. The third-order valence-corrected chi connectivity index (χ3v) is 8.60. The van der Waals surface area contributed by atoms with E-state index in [0.717, 1.165) is 67.5 Å². The van der Waals surface area contributed by atoms with Crippen LogP contribution in [0.5, 0.6) is 11.5 Å². The smallest absolute Gasteiger partial charge is 0.303 e. The number of ether oxygens (including phenoxy) is 12. The van der Waals surface area contributed by atoms with Crippen molar-refractivity contribution in [3.8, 4) is 11.5 Å². The molecule has 338 valence electrons. The molecule has 24 nitrogen and oxygen atoms in total. The van der Waals surface area contributed by atoms with E-state index in [1.165, 1.54) is 0 Å². The highest BCUT2D eigenvalue weighted by atomic mass is 16.8. The second-order valence-corrected chi connectivity index (χ2v) is 13.5. The zero-order valence-electron chi connectivity index (χ0n) is 34.2. The fourth-order valence-corrected chi connectivity index (χ4v) is 6.49.